The molecule has 0 bridgehead atoms. The molecule has 0 saturated carbocycles. The van der Waals surface area contributed by atoms with Gasteiger partial charge in [0.2, 0.25) is 0 Å². The number of ether oxygens (including phenoxy) is 1. The molecule has 0 atom stereocenters. The Bertz CT molecular complexity index is 641. The number of methoxy groups -OCH3 is 1. The summed E-state index contributed by atoms with van der Waals surface area (Å²) in [7, 11) is 1.67. The Morgan fingerprint density at radius 3 is 2.65 bits per heavy atom. The standard InChI is InChI=1S/C14H12N2O/c1-17-12-7-5-11(6-8-12)14-13-4-2-3-9-16(13)10-15-14/h2-10H,1H3. The number of nitrogens with zero attached hydrogens (tertiary/aromatic N) is 2. The van der Waals surface area contributed by atoms with E-state index in [1.54, 1.807) is 7.11 Å². The van der Waals surface area contributed by atoms with Gasteiger partial charge >= 0.3 is 0 Å². The summed E-state index contributed by atoms with van der Waals surface area (Å²) in [6, 6.07) is 14.0. The third-order valence-electron chi connectivity index (χ3n) is 2.81. The monoisotopic (exact) mass is 224 g/mol. The van der Waals surface area contributed by atoms with Gasteiger partial charge in [-0.05, 0) is 36.4 Å². The van der Waals surface area contributed by atoms with Crippen LogP contribution >= 0.6 is 0 Å². The van der Waals surface area contributed by atoms with E-state index in [9.17, 15) is 0 Å². The molecule has 1 aromatic carbocycles. The van der Waals surface area contributed by atoms with Crippen molar-refractivity contribution in [3.05, 3.63) is 55.0 Å². The maximum Gasteiger partial charge on any atom is 0.118 e. The molecule has 3 aromatic rings. The second-order valence-corrected chi connectivity index (χ2v) is 3.81. The summed E-state index contributed by atoms with van der Waals surface area (Å²) in [6.07, 6.45) is 3.82. The first-order chi connectivity index (χ1) is 8.38. The number of benzene rings is 1. The van der Waals surface area contributed by atoms with Crippen molar-refractivity contribution in [3.8, 4) is 17.0 Å². The van der Waals surface area contributed by atoms with E-state index in [-0.39, 0.29) is 0 Å². The van der Waals surface area contributed by atoms with Crippen LogP contribution in [0.25, 0.3) is 16.8 Å². The average Bonchev–Trinajstić information content (AvgIpc) is 2.83. The highest BCUT2D eigenvalue weighted by atomic mass is 16.5. The van der Waals surface area contributed by atoms with Gasteiger partial charge in [0.25, 0.3) is 0 Å². The number of hydrogen-bond acceptors (Lipinski definition) is 2. The Kier molecular flexibility index (Phi) is 2.29. The van der Waals surface area contributed by atoms with E-state index in [0.717, 1.165) is 22.5 Å². The fraction of sp³-hybridized carbons (Fsp3) is 0.0714. The van der Waals surface area contributed by atoms with E-state index in [1.807, 2.05) is 53.3 Å². The third kappa shape index (κ3) is 1.65. The molecule has 0 aliphatic rings. The topological polar surface area (TPSA) is 26.5 Å². The smallest absolute Gasteiger partial charge is 0.118 e. The maximum atomic E-state index is 5.15. The lowest BCUT2D eigenvalue weighted by Crippen LogP contribution is -1.84. The predicted molar refractivity (Wildman–Crippen MR) is 67.2 cm³/mol. The molecule has 0 fully saturated rings. The summed E-state index contributed by atoms with van der Waals surface area (Å²) in [5.74, 6) is 0.859. The molecule has 3 nitrogen and oxygen atoms in total. The first kappa shape index (κ1) is 9.90. The van der Waals surface area contributed by atoms with Crippen LogP contribution < -0.4 is 4.74 Å². The van der Waals surface area contributed by atoms with Crippen molar-refractivity contribution >= 4 is 5.52 Å². The SMILES string of the molecule is COc1ccc(-c2ncn3ccccc23)cc1. The van der Waals surface area contributed by atoms with Gasteiger partial charge in [-0.3, -0.25) is 0 Å². The van der Waals surface area contributed by atoms with Gasteiger partial charge in [0.05, 0.1) is 24.6 Å². The van der Waals surface area contributed by atoms with Crippen molar-refractivity contribution in [2.75, 3.05) is 7.11 Å². The van der Waals surface area contributed by atoms with Gasteiger partial charge in [-0.25, -0.2) is 4.98 Å². The first-order valence-corrected chi connectivity index (χ1v) is 5.44. The Labute approximate surface area is 99.3 Å². The van der Waals surface area contributed by atoms with E-state index < -0.39 is 0 Å². The number of pyridine rings is 1. The van der Waals surface area contributed by atoms with Gasteiger partial charge in [-0.15, -0.1) is 0 Å². The third-order valence-corrected chi connectivity index (χ3v) is 2.81. The molecule has 0 unspecified atom stereocenters. The van der Waals surface area contributed by atoms with Crippen LogP contribution in [0.1, 0.15) is 0 Å². The Balaban J connectivity index is 2.13. The molecule has 0 aliphatic heterocycles. The van der Waals surface area contributed by atoms with E-state index >= 15 is 0 Å². The molecule has 0 saturated heterocycles. The highest BCUT2D eigenvalue weighted by Gasteiger charge is 2.05. The number of hydrogen-bond donors (Lipinski definition) is 0. The van der Waals surface area contributed by atoms with Gasteiger partial charge in [0.1, 0.15) is 5.75 Å². The van der Waals surface area contributed by atoms with E-state index in [4.69, 9.17) is 4.74 Å². The molecule has 3 rings (SSSR count). The lowest BCUT2D eigenvalue weighted by atomic mass is 10.1. The zero-order valence-corrected chi connectivity index (χ0v) is 9.50. The number of fused-ring (bicyclic) bond motifs is 1. The minimum atomic E-state index is 0.859. The van der Waals surface area contributed by atoms with E-state index in [0.29, 0.717) is 0 Å². The summed E-state index contributed by atoms with van der Waals surface area (Å²) in [4.78, 5) is 4.44. The van der Waals surface area contributed by atoms with Crippen LogP contribution in [0.4, 0.5) is 0 Å². The summed E-state index contributed by atoms with van der Waals surface area (Å²) in [5, 5.41) is 0. The van der Waals surface area contributed by atoms with Crippen LogP contribution in [-0.2, 0) is 0 Å². The van der Waals surface area contributed by atoms with Crippen molar-refractivity contribution in [2.24, 2.45) is 0 Å². The molecule has 0 radical (unpaired) electrons. The predicted octanol–water partition coefficient (Wildman–Crippen LogP) is 3.01. The van der Waals surface area contributed by atoms with Crippen LogP contribution in [0.15, 0.2) is 55.0 Å². The molecule has 2 heterocycles. The molecule has 2 aromatic heterocycles. The molecule has 17 heavy (non-hydrogen) atoms. The summed E-state index contributed by atoms with van der Waals surface area (Å²) < 4.78 is 7.16. The molecule has 0 aliphatic carbocycles. The van der Waals surface area contributed by atoms with Crippen LogP contribution in [0.2, 0.25) is 0 Å². The normalized spacial score (nSPS) is 10.6. The molecular formula is C14H12N2O. The van der Waals surface area contributed by atoms with Crippen molar-refractivity contribution < 1.29 is 4.74 Å². The quantitative estimate of drug-likeness (QED) is 0.669. The van der Waals surface area contributed by atoms with E-state index in [2.05, 4.69) is 11.1 Å². The Hall–Kier alpha value is -2.29. The van der Waals surface area contributed by atoms with Gasteiger partial charge < -0.3 is 9.14 Å². The average molecular weight is 224 g/mol. The molecule has 0 amide bonds. The summed E-state index contributed by atoms with van der Waals surface area (Å²) >= 11 is 0. The largest absolute Gasteiger partial charge is 0.497 e. The van der Waals surface area contributed by atoms with Crippen LogP contribution in [-0.4, -0.2) is 16.5 Å². The van der Waals surface area contributed by atoms with Crippen molar-refractivity contribution in [1.29, 1.82) is 0 Å². The second-order valence-electron chi connectivity index (χ2n) is 3.81. The lowest BCUT2D eigenvalue weighted by molar-refractivity contribution is 0.415. The second kappa shape index (κ2) is 3.94. The lowest BCUT2D eigenvalue weighted by Gasteiger charge is -2.01. The minimum absolute atomic E-state index is 0.859. The fourth-order valence-corrected chi connectivity index (χ4v) is 1.91. The van der Waals surface area contributed by atoms with Crippen LogP contribution in [0.3, 0.4) is 0 Å². The number of imidazole rings is 1. The van der Waals surface area contributed by atoms with Crippen molar-refractivity contribution in [2.45, 2.75) is 0 Å². The Morgan fingerprint density at radius 2 is 1.88 bits per heavy atom. The maximum absolute atomic E-state index is 5.15. The molecular weight excluding hydrogens is 212 g/mol. The highest BCUT2D eigenvalue weighted by Crippen LogP contribution is 2.24. The zero-order chi connectivity index (χ0) is 11.7. The molecule has 3 heteroatoms. The van der Waals surface area contributed by atoms with Gasteiger partial charge in [0, 0.05) is 11.8 Å². The van der Waals surface area contributed by atoms with Crippen molar-refractivity contribution in [3.63, 3.8) is 0 Å². The first-order valence-electron chi connectivity index (χ1n) is 5.44. The zero-order valence-electron chi connectivity index (χ0n) is 9.50. The summed E-state index contributed by atoms with van der Waals surface area (Å²) in [6.45, 7) is 0. The van der Waals surface area contributed by atoms with E-state index in [1.165, 1.54) is 0 Å². The number of aromatic nitrogens is 2. The van der Waals surface area contributed by atoms with Gasteiger partial charge in [0.15, 0.2) is 0 Å². The Morgan fingerprint density at radius 1 is 1.06 bits per heavy atom. The van der Waals surface area contributed by atoms with Gasteiger partial charge in [-0.2, -0.15) is 0 Å². The molecule has 0 N–H and O–H groups in total. The van der Waals surface area contributed by atoms with Crippen molar-refractivity contribution in [1.82, 2.24) is 9.38 Å². The molecule has 84 valence electrons. The molecule has 0 spiro atoms. The van der Waals surface area contributed by atoms with Crippen LogP contribution in [0, 0.1) is 0 Å². The number of rotatable bonds is 2. The minimum Gasteiger partial charge on any atom is -0.497 e. The fourth-order valence-electron chi connectivity index (χ4n) is 1.91. The summed E-state index contributed by atoms with van der Waals surface area (Å²) in [5.41, 5.74) is 3.20. The van der Waals surface area contributed by atoms with Crippen LogP contribution in [0.5, 0.6) is 5.75 Å². The van der Waals surface area contributed by atoms with Gasteiger partial charge in [-0.1, -0.05) is 6.07 Å². The highest BCUT2D eigenvalue weighted by molar-refractivity contribution is 5.77.